The highest BCUT2D eigenvalue weighted by atomic mass is 19.4. The first kappa shape index (κ1) is 12.1. The Morgan fingerprint density at radius 1 is 1.35 bits per heavy atom. The molecule has 0 radical (unpaired) electrons. The molecule has 0 bridgehead atoms. The van der Waals surface area contributed by atoms with Crippen LogP contribution < -0.4 is 10.1 Å². The van der Waals surface area contributed by atoms with Gasteiger partial charge in [0, 0.05) is 6.54 Å². The molecule has 17 heavy (non-hydrogen) atoms. The zero-order valence-electron chi connectivity index (χ0n) is 9.53. The van der Waals surface area contributed by atoms with Gasteiger partial charge in [0.25, 0.3) is 0 Å². The van der Waals surface area contributed by atoms with Crippen molar-refractivity contribution in [1.82, 2.24) is 0 Å². The maximum atomic E-state index is 12.8. The van der Waals surface area contributed by atoms with E-state index in [9.17, 15) is 13.2 Å². The largest absolute Gasteiger partial charge is 0.491 e. The van der Waals surface area contributed by atoms with Crippen molar-refractivity contribution in [3.63, 3.8) is 0 Å². The van der Waals surface area contributed by atoms with Crippen molar-refractivity contribution < 1.29 is 17.9 Å². The SMILES string of the molecule is CCCOc1ccc(C(F)(F)F)c2c1NCC2. The van der Waals surface area contributed by atoms with E-state index in [0.29, 0.717) is 36.6 Å². The smallest absolute Gasteiger partial charge is 0.416 e. The number of nitrogens with one attached hydrogen (secondary N) is 1. The molecule has 1 aromatic carbocycles. The number of alkyl halides is 3. The van der Waals surface area contributed by atoms with Gasteiger partial charge in [0.15, 0.2) is 0 Å². The molecule has 0 fully saturated rings. The van der Waals surface area contributed by atoms with Gasteiger partial charge in [-0.05, 0) is 30.5 Å². The number of rotatable bonds is 3. The molecule has 5 heteroatoms. The summed E-state index contributed by atoms with van der Waals surface area (Å²) in [4.78, 5) is 0. The van der Waals surface area contributed by atoms with Crippen LogP contribution in [0.3, 0.4) is 0 Å². The number of fused-ring (bicyclic) bond motifs is 1. The first-order chi connectivity index (χ1) is 8.04. The molecule has 2 nitrogen and oxygen atoms in total. The Morgan fingerprint density at radius 2 is 2.12 bits per heavy atom. The highest BCUT2D eigenvalue weighted by molar-refractivity contribution is 5.68. The fourth-order valence-electron chi connectivity index (χ4n) is 1.99. The molecule has 0 aliphatic carbocycles. The van der Waals surface area contributed by atoms with Crippen LogP contribution in [0.2, 0.25) is 0 Å². The first-order valence-corrected chi connectivity index (χ1v) is 5.63. The minimum absolute atomic E-state index is 0.325. The van der Waals surface area contributed by atoms with Crippen LogP contribution in [0.25, 0.3) is 0 Å². The molecule has 1 aromatic rings. The molecule has 1 N–H and O–H groups in total. The molecule has 0 amide bonds. The van der Waals surface area contributed by atoms with Crippen molar-refractivity contribution in [3.8, 4) is 5.75 Å². The lowest BCUT2D eigenvalue weighted by Crippen LogP contribution is -2.09. The summed E-state index contributed by atoms with van der Waals surface area (Å²) in [6.45, 7) is 3.00. The Labute approximate surface area is 97.8 Å². The molecule has 0 saturated carbocycles. The van der Waals surface area contributed by atoms with Crippen molar-refractivity contribution in [2.24, 2.45) is 0 Å². The van der Waals surface area contributed by atoms with Crippen LogP contribution in [-0.2, 0) is 12.6 Å². The van der Waals surface area contributed by atoms with Crippen LogP contribution in [0.15, 0.2) is 12.1 Å². The molecule has 1 aliphatic rings. The summed E-state index contributed by atoms with van der Waals surface area (Å²) >= 11 is 0. The zero-order chi connectivity index (χ0) is 12.5. The Balaban J connectivity index is 2.39. The quantitative estimate of drug-likeness (QED) is 0.880. The van der Waals surface area contributed by atoms with Gasteiger partial charge in [-0.15, -0.1) is 0 Å². The Bertz CT molecular complexity index is 415. The van der Waals surface area contributed by atoms with Gasteiger partial charge in [-0.25, -0.2) is 0 Å². The van der Waals surface area contributed by atoms with Crippen molar-refractivity contribution in [2.45, 2.75) is 25.9 Å². The predicted octanol–water partition coefficient (Wildman–Crippen LogP) is 3.46. The number of hydrogen-bond donors (Lipinski definition) is 1. The summed E-state index contributed by atoms with van der Waals surface area (Å²) in [5.41, 5.74) is 0.278. The molecule has 1 heterocycles. The molecule has 2 rings (SSSR count). The molecule has 0 unspecified atom stereocenters. The fraction of sp³-hybridized carbons (Fsp3) is 0.500. The predicted molar refractivity (Wildman–Crippen MR) is 59.4 cm³/mol. The van der Waals surface area contributed by atoms with Crippen LogP contribution in [-0.4, -0.2) is 13.2 Å². The van der Waals surface area contributed by atoms with Crippen molar-refractivity contribution >= 4 is 5.69 Å². The molecule has 1 aliphatic heterocycles. The first-order valence-electron chi connectivity index (χ1n) is 5.63. The number of ether oxygens (including phenoxy) is 1. The summed E-state index contributed by atoms with van der Waals surface area (Å²) in [5.74, 6) is 0.521. The minimum Gasteiger partial charge on any atom is -0.491 e. The average molecular weight is 245 g/mol. The van der Waals surface area contributed by atoms with Crippen LogP contribution in [0.4, 0.5) is 18.9 Å². The molecule has 94 valence electrons. The van der Waals surface area contributed by atoms with Crippen molar-refractivity contribution in [3.05, 3.63) is 23.3 Å². The van der Waals surface area contributed by atoms with Gasteiger partial charge in [-0.1, -0.05) is 6.92 Å². The van der Waals surface area contributed by atoms with E-state index in [1.165, 1.54) is 6.07 Å². The Kier molecular flexibility index (Phi) is 3.17. The van der Waals surface area contributed by atoms with Gasteiger partial charge in [0.2, 0.25) is 0 Å². The Morgan fingerprint density at radius 3 is 2.76 bits per heavy atom. The summed E-state index contributed by atoms with van der Waals surface area (Å²) in [6, 6.07) is 2.51. The number of anilines is 1. The summed E-state index contributed by atoms with van der Waals surface area (Å²) in [7, 11) is 0. The average Bonchev–Trinajstić information content (AvgIpc) is 2.72. The number of hydrogen-bond acceptors (Lipinski definition) is 2. The van der Waals surface area contributed by atoms with E-state index in [0.717, 1.165) is 12.5 Å². The number of benzene rings is 1. The zero-order valence-corrected chi connectivity index (χ0v) is 9.53. The second-order valence-corrected chi connectivity index (χ2v) is 3.99. The monoisotopic (exact) mass is 245 g/mol. The van der Waals surface area contributed by atoms with E-state index in [1.54, 1.807) is 0 Å². The van der Waals surface area contributed by atoms with Crippen molar-refractivity contribution in [1.29, 1.82) is 0 Å². The van der Waals surface area contributed by atoms with Crippen molar-refractivity contribution in [2.75, 3.05) is 18.5 Å². The van der Waals surface area contributed by atoms with E-state index in [1.807, 2.05) is 6.92 Å². The van der Waals surface area contributed by atoms with Gasteiger partial charge in [0.1, 0.15) is 5.75 Å². The lowest BCUT2D eigenvalue weighted by atomic mass is 10.0. The second-order valence-electron chi connectivity index (χ2n) is 3.99. The highest BCUT2D eigenvalue weighted by Crippen LogP contribution is 2.42. The van der Waals surface area contributed by atoms with Crippen LogP contribution in [0.1, 0.15) is 24.5 Å². The van der Waals surface area contributed by atoms with Gasteiger partial charge >= 0.3 is 6.18 Å². The third-order valence-electron chi connectivity index (χ3n) is 2.72. The molecular weight excluding hydrogens is 231 g/mol. The fourth-order valence-corrected chi connectivity index (χ4v) is 1.99. The van der Waals surface area contributed by atoms with Gasteiger partial charge in [-0.3, -0.25) is 0 Å². The van der Waals surface area contributed by atoms with E-state index in [-0.39, 0.29) is 0 Å². The van der Waals surface area contributed by atoms with Gasteiger partial charge in [0.05, 0.1) is 17.9 Å². The van der Waals surface area contributed by atoms with Crippen LogP contribution in [0.5, 0.6) is 5.75 Å². The topological polar surface area (TPSA) is 21.3 Å². The molecule has 0 atom stereocenters. The normalized spacial score (nSPS) is 14.4. The van der Waals surface area contributed by atoms with E-state index in [4.69, 9.17) is 4.74 Å². The maximum absolute atomic E-state index is 12.8. The molecular formula is C12H14F3NO. The van der Waals surface area contributed by atoms with Gasteiger partial charge < -0.3 is 10.1 Å². The van der Waals surface area contributed by atoms with Crippen LogP contribution >= 0.6 is 0 Å². The second kappa shape index (κ2) is 4.47. The van der Waals surface area contributed by atoms with E-state index in [2.05, 4.69) is 5.32 Å². The molecule has 0 saturated heterocycles. The summed E-state index contributed by atoms with van der Waals surface area (Å²) in [5, 5.41) is 2.97. The number of halogens is 3. The lowest BCUT2D eigenvalue weighted by Gasteiger charge is -2.15. The lowest BCUT2D eigenvalue weighted by molar-refractivity contribution is -0.138. The maximum Gasteiger partial charge on any atom is 0.416 e. The highest BCUT2D eigenvalue weighted by Gasteiger charge is 2.36. The molecule has 0 aromatic heterocycles. The van der Waals surface area contributed by atoms with Crippen LogP contribution in [0, 0.1) is 0 Å². The Hall–Kier alpha value is -1.39. The third-order valence-corrected chi connectivity index (χ3v) is 2.72. The molecule has 0 spiro atoms. The van der Waals surface area contributed by atoms with E-state index >= 15 is 0 Å². The summed E-state index contributed by atoms with van der Waals surface area (Å²) < 4.78 is 43.7. The third kappa shape index (κ3) is 2.33. The van der Waals surface area contributed by atoms with E-state index < -0.39 is 11.7 Å². The minimum atomic E-state index is -4.29. The van der Waals surface area contributed by atoms with Gasteiger partial charge in [-0.2, -0.15) is 13.2 Å². The standard InChI is InChI=1S/C12H14F3NO/c1-2-7-17-10-4-3-9(12(13,14)15)8-5-6-16-11(8)10/h3-4,16H,2,5-7H2,1H3. The summed E-state index contributed by atoms with van der Waals surface area (Å²) in [6.07, 6.45) is -3.07.